The number of halogens is 2. The molecule has 0 amide bonds. The number of aliphatic hydroxyl groups is 1. The topological polar surface area (TPSA) is 29.5 Å². The highest BCUT2D eigenvalue weighted by Gasteiger charge is 2.38. The van der Waals surface area contributed by atoms with Crippen molar-refractivity contribution in [1.82, 2.24) is 0 Å². The van der Waals surface area contributed by atoms with E-state index in [4.69, 9.17) is 4.74 Å². The molecule has 2 nitrogen and oxygen atoms in total. The molecule has 1 N–H and O–H groups in total. The van der Waals surface area contributed by atoms with Crippen molar-refractivity contribution >= 4 is 0 Å². The minimum absolute atomic E-state index is 0.0410. The van der Waals surface area contributed by atoms with Crippen LogP contribution in [0.15, 0.2) is 18.2 Å². The van der Waals surface area contributed by atoms with Gasteiger partial charge in [0.1, 0.15) is 0 Å². The fourth-order valence-electron chi connectivity index (χ4n) is 2.51. The van der Waals surface area contributed by atoms with Crippen LogP contribution < -0.4 is 0 Å². The molecule has 17 heavy (non-hydrogen) atoms. The fourth-order valence-corrected chi connectivity index (χ4v) is 2.51. The maximum Gasteiger partial charge on any atom is 0.164 e. The van der Waals surface area contributed by atoms with Crippen molar-refractivity contribution in [2.45, 2.75) is 37.4 Å². The minimum atomic E-state index is -1.31. The van der Waals surface area contributed by atoms with Gasteiger partial charge in [-0.15, -0.1) is 0 Å². The predicted octanol–water partition coefficient (Wildman–Crippen LogP) is 2.74. The van der Waals surface area contributed by atoms with E-state index in [1.807, 2.05) is 0 Å². The molecule has 2 rings (SSSR count). The summed E-state index contributed by atoms with van der Waals surface area (Å²) in [5.41, 5.74) is -1.27. The van der Waals surface area contributed by atoms with Crippen LogP contribution in [-0.4, -0.2) is 18.3 Å². The molecule has 2 unspecified atom stereocenters. The van der Waals surface area contributed by atoms with Gasteiger partial charge in [0.2, 0.25) is 0 Å². The molecule has 0 spiro atoms. The van der Waals surface area contributed by atoms with Gasteiger partial charge >= 0.3 is 0 Å². The summed E-state index contributed by atoms with van der Waals surface area (Å²) in [5, 5.41) is 10.5. The third-order valence-electron chi connectivity index (χ3n) is 3.47. The zero-order chi connectivity index (χ0) is 12.5. The van der Waals surface area contributed by atoms with E-state index in [9.17, 15) is 13.9 Å². The molecule has 2 atom stereocenters. The minimum Gasteiger partial charge on any atom is -0.385 e. The molecule has 1 saturated carbocycles. The molecule has 0 radical (unpaired) electrons. The lowest BCUT2D eigenvalue weighted by Crippen LogP contribution is -2.36. The molecule has 94 valence electrons. The van der Waals surface area contributed by atoms with Gasteiger partial charge in [0.05, 0.1) is 11.7 Å². The summed E-state index contributed by atoms with van der Waals surface area (Å²) in [5.74, 6) is -1.87. The normalized spacial score (nSPS) is 29.3. The van der Waals surface area contributed by atoms with Crippen molar-refractivity contribution in [2.75, 3.05) is 7.11 Å². The molecule has 0 heterocycles. The van der Waals surface area contributed by atoms with Crippen molar-refractivity contribution < 1.29 is 18.6 Å². The maximum absolute atomic E-state index is 13.7. The van der Waals surface area contributed by atoms with Gasteiger partial charge in [-0.1, -0.05) is 12.1 Å². The van der Waals surface area contributed by atoms with E-state index >= 15 is 0 Å². The highest BCUT2D eigenvalue weighted by atomic mass is 19.2. The molecule has 4 heteroatoms. The number of ether oxygens (including phenoxy) is 1. The molecule has 0 aliphatic heterocycles. The van der Waals surface area contributed by atoms with Gasteiger partial charge < -0.3 is 9.84 Å². The van der Waals surface area contributed by atoms with Crippen molar-refractivity contribution in [2.24, 2.45) is 0 Å². The van der Waals surface area contributed by atoms with Gasteiger partial charge in [-0.2, -0.15) is 0 Å². The number of benzene rings is 1. The van der Waals surface area contributed by atoms with E-state index in [2.05, 4.69) is 0 Å². The van der Waals surface area contributed by atoms with Crippen LogP contribution in [0, 0.1) is 11.6 Å². The van der Waals surface area contributed by atoms with Crippen LogP contribution >= 0.6 is 0 Å². The lowest BCUT2D eigenvalue weighted by Gasteiger charge is -2.36. The van der Waals surface area contributed by atoms with Gasteiger partial charge in [0.15, 0.2) is 11.6 Å². The van der Waals surface area contributed by atoms with E-state index < -0.39 is 17.2 Å². The van der Waals surface area contributed by atoms with Crippen LogP contribution in [0.5, 0.6) is 0 Å². The first-order valence-electron chi connectivity index (χ1n) is 5.76. The van der Waals surface area contributed by atoms with Gasteiger partial charge in [-0.3, -0.25) is 0 Å². The second kappa shape index (κ2) is 4.70. The van der Waals surface area contributed by atoms with Crippen LogP contribution in [0.2, 0.25) is 0 Å². The number of hydrogen-bond acceptors (Lipinski definition) is 2. The van der Waals surface area contributed by atoms with E-state index in [1.165, 1.54) is 12.1 Å². The number of rotatable bonds is 2. The Morgan fingerprint density at radius 2 is 2.18 bits per heavy atom. The quantitative estimate of drug-likeness (QED) is 0.864. The van der Waals surface area contributed by atoms with Crippen molar-refractivity contribution in [3.63, 3.8) is 0 Å². The second-order valence-electron chi connectivity index (χ2n) is 4.59. The Morgan fingerprint density at radius 3 is 2.88 bits per heavy atom. The van der Waals surface area contributed by atoms with Crippen LogP contribution in [0.25, 0.3) is 0 Å². The lowest BCUT2D eigenvalue weighted by atomic mass is 9.78. The zero-order valence-electron chi connectivity index (χ0n) is 9.75. The largest absolute Gasteiger partial charge is 0.385 e. The third-order valence-corrected chi connectivity index (χ3v) is 3.47. The zero-order valence-corrected chi connectivity index (χ0v) is 9.75. The van der Waals surface area contributed by atoms with E-state index in [-0.39, 0.29) is 11.7 Å². The Hall–Kier alpha value is -1.00. The number of hydrogen-bond donors (Lipinski definition) is 1. The third kappa shape index (κ3) is 2.33. The molecular weight excluding hydrogens is 226 g/mol. The summed E-state index contributed by atoms with van der Waals surface area (Å²) in [7, 11) is 1.57. The first-order valence-corrected chi connectivity index (χ1v) is 5.76. The first kappa shape index (κ1) is 12.5. The average Bonchev–Trinajstić information content (AvgIpc) is 2.32. The monoisotopic (exact) mass is 242 g/mol. The van der Waals surface area contributed by atoms with Crippen LogP contribution in [0.3, 0.4) is 0 Å². The summed E-state index contributed by atoms with van der Waals surface area (Å²) in [6, 6.07) is 3.91. The van der Waals surface area contributed by atoms with E-state index in [0.29, 0.717) is 12.8 Å². The molecule has 0 bridgehead atoms. The molecule has 1 aromatic rings. The Bertz CT molecular complexity index is 408. The second-order valence-corrected chi connectivity index (χ2v) is 4.59. The van der Waals surface area contributed by atoms with Crippen molar-refractivity contribution in [3.05, 3.63) is 35.4 Å². The molecule has 1 fully saturated rings. The lowest BCUT2D eigenvalue weighted by molar-refractivity contribution is -0.0653. The van der Waals surface area contributed by atoms with Crippen LogP contribution in [0.4, 0.5) is 8.78 Å². The summed E-state index contributed by atoms with van der Waals surface area (Å²) < 4.78 is 32.1. The average molecular weight is 242 g/mol. The van der Waals surface area contributed by atoms with E-state index in [1.54, 1.807) is 7.11 Å². The standard InChI is InChI=1S/C13H16F2O2/c1-17-9-4-3-7-13(16,8-9)10-5-2-6-11(14)12(10)15/h2,5-6,9,16H,3-4,7-8H2,1H3. The first-order chi connectivity index (χ1) is 8.07. The van der Waals surface area contributed by atoms with Gasteiger partial charge in [0, 0.05) is 19.1 Å². The van der Waals surface area contributed by atoms with Gasteiger partial charge in [-0.05, 0) is 25.3 Å². The van der Waals surface area contributed by atoms with Crippen molar-refractivity contribution in [3.8, 4) is 0 Å². The smallest absolute Gasteiger partial charge is 0.164 e. The molecule has 1 aromatic carbocycles. The van der Waals surface area contributed by atoms with E-state index in [0.717, 1.165) is 18.9 Å². The Labute approximate surface area is 99.2 Å². The van der Waals surface area contributed by atoms with Crippen molar-refractivity contribution in [1.29, 1.82) is 0 Å². The number of methoxy groups -OCH3 is 1. The van der Waals surface area contributed by atoms with Crippen LogP contribution in [-0.2, 0) is 10.3 Å². The molecule has 0 saturated heterocycles. The van der Waals surface area contributed by atoms with Crippen LogP contribution in [0.1, 0.15) is 31.2 Å². The molecule has 1 aliphatic rings. The predicted molar refractivity (Wildman–Crippen MR) is 59.5 cm³/mol. The fraction of sp³-hybridized carbons (Fsp3) is 0.538. The maximum atomic E-state index is 13.7. The highest BCUT2D eigenvalue weighted by Crippen LogP contribution is 2.39. The Balaban J connectivity index is 2.33. The summed E-state index contributed by atoms with van der Waals surface area (Å²) in [4.78, 5) is 0. The Morgan fingerprint density at radius 1 is 1.41 bits per heavy atom. The SMILES string of the molecule is COC1CCCC(O)(c2cccc(F)c2F)C1. The van der Waals surface area contributed by atoms with Gasteiger partial charge in [0.25, 0.3) is 0 Å². The summed E-state index contributed by atoms with van der Waals surface area (Å²) >= 11 is 0. The molecule has 0 aromatic heterocycles. The molecule has 1 aliphatic carbocycles. The summed E-state index contributed by atoms with van der Waals surface area (Å²) in [6.07, 6.45) is 2.23. The highest BCUT2D eigenvalue weighted by molar-refractivity contribution is 5.26. The van der Waals surface area contributed by atoms with Gasteiger partial charge in [-0.25, -0.2) is 8.78 Å². The summed E-state index contributed by atoms with van der Waals surface area (Å²) in [6.45, 7) is 0. The molecular formula is C13H16F2O2. The Kier molecular flexibility index (Phi) is 3.45.